The highest BCUT2D eigenvalue weighted by molar-refractivity contribution is 7.08. The van der Waals surface area contributed by atoms with E-state index in [2.05, 4.69) is 32.2 Å². The molecule has 0 spiro atoms. The lowest BCUT2D eigenvalue weighted by molar-refractivity contribution is 0.0702. The molecule has 1 fully saturated rings. The minimum atomic E-state index is -1.04. The maximum absolute atomic E-state index is 12.0. The molecule has 1 saturated carbocycles. The number of carbonyl (C=O) groups excluding carboxylic acids is 1. The summed E-state index contributed by atoms with van der Waals surface area (Å²) >= 11 is 0.866. The number of urea groups is 1. The van der Waals surface area contributed by atoms with Crippen LogP contribution in [0.1, 0.15) is 49.2 Å². The summed E-state index contributed by atoms with van der Waals surface area (Å²) in [6.45, 7) is 5.33. The van der Waals surface area contributed by atoms with Gasteiger partial charge in [-0.1, -0.05) is 19.8 Å². The van der Waals surface area contributed by atoms with E-state index >= 15 is 0 Å². The molecular weight excluding hydrogens is 430 g/mol. The van der Waals surface area contributed by atoms with E-state index in [1.807, 2.05) is 6.92 Å². The molecular formula is C22H29N5O4S. The van der Waals surface area contributed by atoms with Crippen LogP contribution < -0.4 is 20.7 Å². The smallest absolute Gasteiger partial charge is 0.347 e. The summed E-state index contributed by atoms with van der Waals surface area (Å²) in [5.74, 6) is 1.42. The quantitative estimate of drug-likeness (QED) is 0.356. The first-order valence-electron chi connectivity index (χ1n) is 10.8. The minimum absolute atomic E-state index is 0.114. The SMILES string of the molecule is CCNC(=O)NC(=NCC1CCC(C)CC1)Nc1ccc(Oc2cc(C(=O)O)sn2)cc1. The number of hydrogen-bond donors (Lipinski definition) is 4. The standard InChI is InChI=1S/C22H29N5O4S/c1-3-23-22(30)26-21(24-13-15-6-4-14(2)5-7-15)25-16-8-10-17(11-9-16)31-19-12-18(20(28)29)32-27-19/h8-12,14-15H,3-7,13H2,1-2H3,(H,28,29)(H3,23,24,25,26,30). The van der Waals surface area contributed by atoms with Gasteiger partial charge in [-0.3, -0.25) is 10.3 Å². The molecule has 0 aliphatic heterocycles. The first kappa shape index (κ1) is 23.5. The molecule has 1 aliphatic rings. The molecule has 3 rings (SSSR count). The van der Waals surface area contributed by atoms with Crippen molar-refractivity contribution in [3.63, 3.8) is 0 Å². The number of aromatic nitrogens is 1. The van der Waals surface area contributed by atoms with Crippen molar-refractivity contribution in [1.82, 2.24) is 15.0 Å². The average Bonchev–Trinajstić information content (AvgIpc) is 3.23. The van der Waals surface area contributed by atoms with Crippen LogP contribution in [0.15, 0.2) is 35.3 Å². The number of benzene rings is 1. The van der Waals surface area contributed by atoms with Crippen LogP contribution in [0, 0.1) is 11.8 Å². The normalized spacial score (nSPS) is 18.6. The van der Waals surface area contributed by atoms with Crippen LogP contribution in [-0.4, -0.2) is 40.5 Å². The third-order valence-electron chi connectivity index (χ3n) is 5.25. The second-order valence-corrected chi connectivity index (χ2v) is 8.69. The number of ether oxygens (including phenoxy) is 1. The maximum Gasteiger partial charge on any atom is 0.347 e. The van der Waals surface area contributed by atoms with Crippen LogP contribution >= 0.6 is 11.5 Å². The van der Waals surface area contributed by atoms with Gasteiger partial charge in [0.15, 0.2) is 0 Å². The predicted molar refractivity (Wildman–Crippen MR) is 125 cm³/mol. The van der Waals surface area contributed by atoms with Crippen molar-refractivity contribution in [2.24, 2.45) is 16.8 Å². The van der Waals surface area contributed by atoms with Crippen molar-refractivity contribution < 1.29 is 19.4 Å². The summed E-state index contributed by atoms with van der Waals surface area (Å²) in [7, 11) is 0. The molecule has 9 nitrogen and oxygen atoms in total. The summed E-state index contributed by atoms with van der Waals surface area (Å²) in [6.07, 6.45) is 4.76. The van der Waals surface area contributed by atoms with Gasteiger partial charge in [0.05, 0.1) is 0 Å². The molecule has 0 saturated heterocycles. The van der Waals surface area contributed by atoms with Crippen molar-refractivity contribution in [2.45, 2.75) is 39.5 Å². The number of aliphatic imine (C=N–C) groups is 1. The second kappa shape index (κ2) is 11.5. The van der Waals surface area contributed by atoms with Crippen molar-refractivity contribution in [3.05, 3.63) is 35.2 Å². The number of nitrogens with one attached hydrogen (secondary N) is 3. The number of carboxylic acids is 1. The van der Waals surface area contributed by atoms with Crippen molar-refractivity contribution in [1.29, 1.82) is 0 Å². The van der Waals surface area contributed by atoms with Crippen LogP contribution in [0.3, 0.4) is 0 Å². The Labute approximate surface area is 191 Å². The van der Waals surface area contributed by atoms with Crippen molar-refractivity contribution >= 4 is 35.2 Å². The zero-order valence-corrected chi connectivity index (χ0v) is 19.1. The van der Waals surface area contributed by atoms with E-state index in [0.29, 0.717) is 30.7 Å². The van der Waals surface area contributed by atoms with Gasteiger partial charge in [0, 0.05) is 24.8 Å². The summed E-state index contributed by atoms with van der Waals surface area (Å²) in [6, 6.07) is 8.11. The first-order valence-corrected chi connectivity index (χ1v) is 11.5. The minimum Gasteiger partial charge on any atom is -0.477 e. The number of hydrogen-bond acceptors (Lipinski definition) is 6. The Kier molecular flexibility index (Phi) is 8.43. The van der Waals surface area contributed by atoms with Gasteiger partial charge in [0.1, 0.15) is 10.6 Å². The van der Waals surface area contributed by atoms with E-state index < -0.39 is 5.97 Å². The van der Waals surface area contributed by atoms with Crippen LogP contribution in [-0.2, 0) is 0 Å². The van der Waals surface area contributed by atoms with Gasteiger partial charge in [-0.15, -0.1) is 0 Å². The molecule has 0 atom stereocenters. The van der Waals surface area contributed by atoms with E-state index in [1.54, 1.807) is 24.3 Å². The van der Waals surface area contributed by atoms with E-state index in [9.17, 15) is 9.59 Å². The van der Waals surface area contributed by atoms with E-state index in [0.717, 1.165) is 36.0 Å². The fraction of sp³-hybridized carbons (Fsp3) is 0.455. The molecule has 1 heterocycles. The molecule has 1 aliphatic carbocycles. The largest absolute Gasteiger partial charge is 0.477 e. The summed E-state index contributed by atoms with van der Waals surface area (Å²) in [5.41, 5.74) is 0.731. The lowest BCUT2D eigenvalue weighted by Crippen LogP contribution is -2.42. The highest BCUT2D eigenvalue weighted by atomic mass is 32.1. The molecule has 0 unspecified atom stereocenters. The Balaban J connectivity index is 1.62. The lowest BCUT2D eigenvalue weighted by Gasteiger charge is -2.25. The topological polar surface area (TPSA) is 125 Å². The van der Waals surface area contributed by atoms with Crippen LogP contribution in [0.25, 0.3) is 0 Å². The number of rotatable bonds is 7. The predicted octanol–water partition coefficient (Wildman–Crippen LogP) is 4.55. The Morgan fingerprint density at radius 1 is 1.22 bits per heavy atom. The zero-order chi connectivity index (χ0) is 22.9. The monoisotopic (exact) mass is 459 g/mol. The summed E-state index contributed by atoms with van der Waals surface area (Å²) in [4.78, 5) is 27.7. The van der Waals surface area contributed by atoms with Gasteiger partial charge in [-0.2, -0.15) is 4.37 Å². The number of anilines is 1. The highest BCUT2D eigenvalue weighted by Crippen LogP contribution is 2.28. The van der Waals surface area contributed by atoms with Crippen LogP contribution in [0.5, 0.6) is 11.6 Å². The molecule has 1 aromatic carbocycles. The van der Waals surface area contributed by atoms with Gasteiger partial charge in [-0.05, 0) is 67.4 Å². The molecule has 4 N–H and O–H groups in total. The number of carbonyl (C=O) groups is 2. The summed E-state index contributed by atoms with van der Waals surface area (Å²) in [5, 5.41) is 17.6. The van der Waals surface area contributed by atoms with Gasteiger partial charge in [-0.25, -0.2) is 9.59 Å². The fourth-order valence-corrected chi connectivity index (χ4v) is 3.94. The van der Waals surface area contributed by atoms with E-state index in [-0.39, 0.29) is 16.8 Å². The molecule has 1 aromatic heterocycles. The lowest BCUT2D eigenvalue weighted by atomic mass is 9.83. The first-order chi connectivity index (χ1) is 15.4. The Bertz CT molecular complexity index is 936. The summed E-state index contributed by atoms with van der Waals surface area (Å²) < 4.78 is 9.58. The van der Waals surface area contributed by atoms with Crippen LogP contribution in [0.4, 0.5) is 10.5 Å². The Hall–Kier alpha value is -3.14. The number of nitrogens with zero attached hydrogens (tertiary/aromatic N) is 2. The number of aromatic carboxylic acids is 1. The Morgan fingerprint density at radius 3 is 2.56 bits per heavy atom. The second-order valence-electron chi connectivity index (χ2n) is 7.89. The van der Waals surface area contributed by atoms with E-state index in [1.165, 1.54) is 18.9 Å². The number of carboxylic acid groups (broad SMARTS) is 1. The maximum atomic E-state index is 12.0. The molecule has 2 amide bonds. The zero-order valence-electron chi connectivity index (χ0n) is 18.3. The third kappa shape index (κ3) is 7.23. The molecule has 10 heteroatoms. The van der Waals surface area contributed by atoms with Gasteiger partial charge >= 0.3 is 12.0 Å². The van der Waals surface area contributed by atoms with Gasteiger partial charge in [0.2, 0.25) is 11.8 Å². The van der Waals surface area contributed by atoms with E-state index in [4.69, 9.17) is 9.84 Å². The van der Waals surface area contributed by atoms with Gasteiger partial charge < -0.3 is 20.5 Å². The average molecular weight is 460 g/mol. The molecule has 172 valence electrons. The molecule has 2 aromatic rings. The van der Waals surface area contributed by atoms with Gasteiger partial charge in [0.25, 0.3) is 0 Å². The number of guanidine groups is 1. The third-order valence-corrected chi connectivity index (χ3v) is 6.01. The molecule has 32 heavy (non-hydrogen) atoms. The fourth-order valence-electron chi connectivity index (χ4n) is 3.43. The van der Waals surface area contributed by atoms with Crippen LogP contribution in [0.2, 0.25) is 0 Å². The molecule has 0 radical (unpaired) electrons. The van der Waals surface area contributed by atoms with Crippen molar-refractivity contribution in [3.8, 4) is 11.6 Å². The molecule has 0 bridgehead atoms. The van der Waals surface area contributed by atoms with Crippen molar-refractivity contribution in [2.75, 3.05) is 18.4 Å². The Morgan fingerprint density at radius 2 is 1.94 bits per heavy atom. The highest BCUT2D eigenvalue weighted by Gasteiger charge is 2.18. The number of amides is 2.